The summed E-state index contributed by atoms with van der Waals surface area (Å²) in [6.45, 7) is 2.60. The van der Waals surface area contributed by atoms with Crippen LogP contribution in [-0.4, -0.2) is 36.0 Å². The van der Waals surface area contributed by atoms with Crippen LogP contribution in [0.1, 0.15) is 23.4 Å². The van der Waals surface area contributed by atoms with Gasteiger partial charge in [0.1, 0.15) is 12.6 Å². The van der Waals surface area contributed by atoms with Crippen molar-refractivity contribution in [2.45, 2.75) is 25.6 Å². The zero-order valence-electron chi connectivity index (χ0n) is 13.5. The Morgan fingerprint density at radius 1 is 1.33 bits per heavy atom. The van der Waals surface area contributed by atoms with Crippen molar-refractivity contribution in [3.8, 4) is 0 Å². The second kappa shape index (κ2) is 7.59. The standard InChI is InChI=1S/C18H20N2O3S/c1-13(16-8-5-9-24-16)19-18(22)15-11-23-12-17(21)20(15)10-14-6-3-2-4-7-14/h2-9,13,15H,10-12H2,1H3,(H,19,22)/t13-,15-/m0/s1. The van der Waals surface area contributed by atoms with Gasteiger partial charge in [-0.2, -0.15) is 0 Å². The highest BCUT2D eigenvalue weighted by molar-refractivity contribution is 7.10. The summed E-state index contributed by atoms with van der Waals surface area (Å²) in [4.78, 5) is 27.6. The predicted octanol–water partition coefficient (Wildman–Crippen LogP) is 2.35. The molecule has 126 valence electrons. The Kier molecular flexibility index (Phi) is 5.27. The SMILES string of the molecule is C[C@H](NC(=O)[C@@H]1COCC(=O)N1Cc1ccccc1)c1cccs1. The molecule has 2 aromatic rings. The molecule has 1 fully saturated rings. The van der Waals surface area contributed by atoms with Crippen LogP contribution in [0.3, 0.4) is 0 Å². The number of hydrogen-bond acceptors (Lipinski definition) is 4. The molecule has 1 aliphatic heterocycles. The number of carbonyl (C=O) groups excluding carboxylic acids is 2. The summed E-state index contributed by atoms with van der Waals surface area (Å²) in [5.74, 6) is -0.339. The first-order valence-corrected chi connectivity index (χ1v) is 8.78. The maximum Gasteiger partial charge on any atom is 0.249 e. The van der Waals surface area contributed by atoms with Gasteiger partial charge in [0.25, 0.3) is 0 Å². The topological polar surface area (TPSA) is 58.6 Å². The number of amides is 2. The smallest absolute Gasteiger partial charge is 0.249 e. The van der Waals surface area contributed by atoms with E-state index in [1.165, 1.54) is 0 Å². The quantitative estimate of drug-likeness (QED) is 0.906. The maximum absolute atomic E-state index is 12.7. The number of benzene rings is 1. The molecule has 1 N–H and O–H groups in total. The van der Waals surface area contributed by atoms with Crippen LogP contribution in [0.5, 0.6) is 0 Å². The number of hydrogen-bond donors (Lipinski definition) is 1. The molecule has 0 saturated carbocycles. The molecule has 2 heterocycles. The molecular formula is C18H20N2O3S. The second-order valence-electron chi connectivity index (χ2n) is 5.78. The van der Waals surface area contributed by atoms with Crippen LogP contribution in [-0.2, 0) is 20.9 Å². The zero-order valence-corrected chi connectivity index (χ0v) is 14.3. The van der Waals surface area contributed by atoms with Crippen LogP contribution in [0.15, 0.2) is 47.8 Å². The number of nitrogens with one attached hydrogen (secondary N) is 1. The van der Waals surface area contributed by atoms with E-state index in [1.807, 2.05) is 54.8 Å². The summed E-state index contributed by atoms with van der Waals surface area (Å²) < 4.78 is 5.31. The maximum atomic E-state index is 12.7. The minimum Gasteiger partial charge on any atom is -0.369 e. The molecule has 0 radical (unpaired) electrons. The molecule has 0 unspecified atom stereocenters. The van der Waals surface area contributed by atoms with Gasteiger partial charge in [-0.3, -0.25) is 9.59 Å². The molecule has 0 aliphatic carbocycles. The Morgan fingerprint density at radius 3 is 2.83 bits per heavy atom. The van der Waals surface area contributed by atoms with E-state index >= 15 is 0 Å². The number of rotatable bonds is 5. The molecule has 1 aliphatic rings. The van der Waals surface area contributed by atoms with Crippen molar-refractivity contribution in [3.63, 3.8) is 0 Å². The second-order valence-corrected chi connectivity index (χ2v) is 6.76. The minimum absolute atomic E-state index is 0.0249. The molecule has 0 bridgehead atoms. The van der Waals surface area contributed by atoms with Crippen LogP contribution in [0.4, 0.5) is 0 Å². The Labute approximate surface area is 145 Å². The van der Waals surface area contributed by atoms with Crippen molar-refractivity contribution >= 4 is 23.2 Å². The molecular weight excluding hydrogens is 324 g/mol. The average Bonchev–Trinajstić information content (AvgIpc) is 3.12. The van der Waals surface area contributed by atoms with E-state index in [2.05, 4.69) is 5.32 Å². The highest BCUT2D eigenvalue weighted by Crippen LogP contribution is 2.20. The van der Waals surface area contributed by atoms with E-state index in [1.54, 1.807) is 16.2 Å². The summed E-state index contributed by atoms with van der Waals surface area (Å²) in [6.07, 6.45) is 0. The van der Waals surface area contributed by atoms with E-state index in [-0.39, 0.29) is 31.1 Å². The fourth-order valence-electron chi connectivity index (χ4n) is 2.72. The molecule has 1 aromatic heterocycles. The highest BCUT2D eigenvalue weighted by atomic mass is 32.1. The fraction of sp³-hybridized carbons (Fsp3) is 0.333. The van der Waals surface area contributed by atoms with Gasteiger partial charge < -0.3 is 15.0 Å². The monoisotopic (exact) mass is 344 g/mol. The van der Waals surface area contributed by atoms with Gasteiger partial charge >= 0.3 is 0 Å². The number of carbonyl (C=O) groups is 2. The van der Waals surface area contributed by atoms with E-state index in [0.717, 1.165) is 10.4 Å². The van der Waals surface area contributed by atoms with Crippen LogP contribution in [0.25, 0.3) is 0 Å². The van der Waals surface area contributed by atoms with Crippen molar-refractivity contribution in [1.82, 2.24) is 10.2 Å². The first-order valence-electron chi connectivity index (χ1n) is 7.90. The normalized spacial score (nSPS) is 19.1. The van der Waals surface area contributed by atoms with Crippen molar-refractivity contribution in [3.05, 3.63) is 58.3 Å². The lowest BCUT2D eigenvalue weighted by Gasteiger charge is -2.35. The molecule has 6 heteroatoms. The van der Waals surface area contributed by atoms with Gasteiger partial charge in [0.05, 0.1) is 12.6 Å². The van der Waals surface area contributed by atoms with Crippen LogP contribution < -0.4 is 5.32 Å². The number of morpholine rings is 1. The molecule has 1 aromatic carbocycles. The first-order chi connectivity index (χ1) is 11.6. The van der Waals surface area contributed by atoms with Gasteiger partial charge in [0.15, 0.2) is 0 Å². The molecule has 24 heavy (non-hydrogen) atoms. The number of ether oxygens (including phenoxy) is 1. The lowest BCUT2D eigenvalue weighted by Crippen LogP contribution is -2.56. The third-order valence-corrected chi connectivity index (χ3v) is 5.08. The fourth-order valence-corrected chi connectivity index (χ4v) is 3.45. The molecule has 5 nitrogen and oxygen atoms in total. The van der Waals surface area contributed by atoms with Gasteiger partial charge in [-0.15, -0.1) is 11.3 Å². The lowest BCUT2D eigenvalue weighted by atomic mass is 10.1. The zero-order chi connectivity index (χ0) is 16.9. The van der Waals surface area contributed by atoms with E-state index in [0.29, 0.717) is 6.54 Å². The first kappa shape index (κ1) is 16.7. The largest absolute Gasteiger partial charge is 0.369 e. The number of thiophene rings is 1. The molecule has 1 saturated heterocycles. The van der Waals surface area contributed by atoms with E-state index < -0.39 is 6.04 Å². The van der Waals surface area contributed by atoms with Gasteiger partial charge in [-0.1, -0.05) is 36.4 Å². The summed E-state index contributed by atoms with van der Waals surface area (Å²) >= 11 is 1.60. The highest BCUT2D eigenvalue weighted by Gasteiger charge is 2.34. The van der Waals surface area contributed by atoms with E-state index in [4.69, 9.17) is 4.74 Å². The van der Waals surface area contributed by atoms with Gasteiger partial charge in [-0.05, 0) is 23.9 Å². The Bertz CT molecular complexity index is 688. The van der Waals surface area contributed by atoms with Crippen molar-refractivity contribution < 1.29 is 14.3 Å². The lowest BCUT2D eigenvalue weighted by molar-refractivity contribution is -0.155. The Morgan fingerprint density at radius 2 is 2.12 bits per heavy atom. The predicted molar refractivity (Wildman–Crippen MR) is 92.5 cm³/mol. The minimum atomic E-state index is -0.603. The third kappa shape index (κ3) is 3.83. The molecule has 2 amide bonds. The van der Waals surface area contributed by atoms with Gasteiger partial charge in [0.2, 0.25) is 11.8 Å². The van der Waals surface area contributed by atoms with Crippen LogP contribution in [0, 0.1) is 0 Å². The molecule has 2 atom stereocenters. The summed E-state index contributed by atoms with van der Waals surface area (Å²) in [7, 11) is 0. The Balaban J connectivity index is 1.71. The van der Waals surface area contributed by atoms with Gasteiger partial charge in [-0.25, -0.2) is 0 Å². The average molecular weight is 344 g/mol. The third-order valence-electron chi connectivity index (χ3n) is 4.02. The summed E-state index contributed by atoms with van der Waals surface area (Å²) in [5, 5.41) is 4.97. The molecule has 0 spiro atoms. The Hall–Kier alpha value is -2.18. The van der Waals surface area contributed by atoms with Crippen molar-refractivity contribution in [2.75, 3.05) is 13.2 Å². The van der Waals surface area contributed by atoms with Gasteiger partial charge in [0, 0.05) is 11.4 Å². The summed E-state index contributed by atoms with van der Waals surface area (Å²) in [5.41, 5.74) is 0.997. The van der Waals surface area contributed by atoms with E-state index in [9.17, 15) is 9.59 Å². The van der Waals surface area contributed by atoms with Crippen molar-refractivity contribution in [1.29, 1.82) is 0 Å². The van der Waals surface area contributed by atoms with Crippen molar-refractivity contribution in [2.24, 2.45) is 0 Å². The van der Waals surface area contributed by atoms with Crippen LogP contribution >= 0.6 is 11.3 Å². The van der Waals surface area contributed by atoms with Crippen LogP contribution in [0.2, 0.25) is 0 Å². The summed E-state index contributed by atoms with van der Waals surface area (Å²) in [6, 6.07) is 12.9. The molecule has 3 rings (SSSR count). The number of nitrogens with zero attached hydrogens (tertiary/aromatic N) is 1.